The maximum Gasteiger partial charge on any atom is 0.337 e. The van der Waals surface area contributed by atoms with E-state index in [0.29, 0.717) is 37.9 Å². The van der Waals surface area contributed by atoms with Crippen LogP contribution in [-0.2, 0) is 0 Å². The quantitative estimate of drug-likeness (QED) is 0.234. The predicted octanol–water partition coefficient (Wildman–Crippen LogP) is 3.56. The Morgan fingerprint density at radius 3 is 2.50 bits per heavy atom. The summed E-state index contributed by atoms with van der Waals surface area (Å²) in [5.41, 5.74) is 7.72. The van der Waals surface area contributed by atoms with Gasteiger partial charge in [0.2, 0.25) is 0 Å². The summed E-state index contributed by atoms with van der Waals surface area (Å²) in [5.74, 6) is 4.21. The summed E-state index contributed by atoms with van der Waals surface area (Å²) in [6.45, 7) is 0. The molecule has 6 N–H and O–H groups in total. The van der Waals surface area contributed by atoms with Gasteiger partial charge in [-0.25, -0.2) is 4.79 Å². The number of pyridine rings is 1. The van der Waals surface area contributed by atoms with E-state index in [1.165, 1.54) is 12.3 Å². The maximum atomic E-state index is 11.6. The number of nitrogens with one attached hydrogen (secondary N) is 1. The Hall–Kier alpha value is -3.03. The van der Waals surface area contributed by atoms with Crippen LogP contribution >= 0.6 is 23.2 Å². The number of rotatable bonds is 4. The van der Waals surface area contributed by atoms with Gasteiger partial charge in [-0.3, -0.25) is 4.98 Å². The Morgan fingerprint density at radius 2 is 1.81 bits per heavy atom. The van der Waals surface area contributed by atoms with Crippen molar-refractivity contribution in [3.05, 3.63) is 63.8 Å². The lowest BCUT2D eigenvalue weighted by atomic mass is 10.1. The number of hydrogen-bond donors (Lipinski definition) is 4. The summed E-state index contributed by atoms with van der Waals surface area (Å²) in [6.07, 6.45) is 1.50. The van der Waals surface area contributed by atoms with Crippen molar-refractivity contribution in [1.29, 1.82) is 0 Å². The molecule has 0 atom stereocenters. The number of fused-ring (bicyclic) bond motifs is 1. The number of aromatic nitrogens is 1. The fraction of sp³-hybridized carbons (Fsp3) is 0. The van der Waals surface area contributed by atoms with Crippen LogP contribution in [0.1, 0.15) is 15.9 Å². The number of hydrogen-bond acceptors (Lipinski definition) is 5. The number of hydrazone groups is 1. The fourth-order valence-electron chi connectivity index (χ4n) is 2.50. The number of benzene rings is 2. The standard InChI is InChI=1S/C17H13Cl2N5O2/c18-8-1-3-13-10(5-8)15(12(7-22-13)16(20)24-21)23-14-4-2-9(19)6-11(14)17(25)26/h1-7H,21H2,(H2,20,24)(H,22,23)(H,25,26). The van der Waals surface area contributed by atoms with Gasteiger partial charge in [-0.2, -0.15) is 5.10 Å². The first-order valence-electron chi connectivity index (χ1n) is 7.32. The summed E-state index contributed by atoms with van der Waals surface area (Å²) in [6, 6.07) is 9.61. The summed E-state index contributed by atoms with van der Waals surface area (Å²) in [4.78, 5) is 15.9. The largest absolute Gasteiger partial charge is 0.478 e. The molecule has 0 fully saturated rings. The van der Waals surface area contributed by atoms with Gasteiger partial charge in [0, 0.05) is 21.6 Å². The van der Waals surface area contributed by atoms with Crippen LogP contribution in [-0.4, -0.2) is 21.9 Å². The van der Waals surface area contributed by atoms with E-state index < -0.39 is 5.97 Å². The van der Waals surface area contributed by atoms with Gasteiger partial charge in [-0.1, -0.05) is 23.2 Å². The molecule has 0 aliphatic heterocycles. The van der Waals surface area contributed by atoms with Crippen molar-refractivity contribution in [2.45, 2.75) is 0 Å². The summed E-state index contributed by atoms with van der Waals surface area (Å²) < 4.78 is 0. The molecule has 1 heterocycles. The third-order valence-electron chi connectivity index (χ3n) is 3.72. The van der Waals surface area contributed by atoms with Gasteiger partial charge in [0.25, 0.3) is 0 Å². The Morgan fingerprint density at radius 1 is 1.12 bits per heavy atom. The first-order valence-corrected chi connectivity index (χ1v) is 8.08. The van der Waals surface area contributed by atoms with Crippen LogP contribution < -0.4 is 16.9 Å². The number of amidine groups is 1. The highest BCUT2D eigenvalue weighted by Gasteiger charge is 2.17. The molecule has 3 rings (SSSR count). The molecule has 0 spiro atoms. The molecule has 0 unspecified atom stereocenters. The molecular formula is C17H13Cl2N5O2. The van der Waals surface area contributed by atoms with Crippen molar-refractivity contribution in [2.24, 2.45) is 16.7 Å². The number of nitrogens with zero attached hydrogens (tertiary/aromatic N) is 2. The van der Waals surface area contributed by atoms with Crippen molar-refractivity contribution in [3.8, 4) is 0 Å². The van der Waals surface area contributed by atoms with Gasteiger partial charge in [-0.15, -0.1) is 0 Å². The summed E-state index contributed by atoms with van der Waals surface area (Å²) in [5, 5.41) is 17.5. The Bertz CT molecular complexity index is 1050. The first kappa shape index (κ1) is 17.8. The molecule has 0 radical (unpaired) electrons. The van der Waals surface area contributed by atoms with Gasteiger partial charge >= 0.3 is 5.97 Å². The number of carbonyl (C=O) groups is 1. The third kappa shape index (κ3) is 3.35. The first-order chi connectivity index (χ1) is 12.4. The van der Waals surface area contributed by atoms with E-state index in [9.17, 15) is 9.90 Å². The SMILES string of the molecule is N/N=C(\N)c1cnc2ccc(Cl)cc2c1Nc1ccc(Cl)cc1C(=O)O. The monoisotopic (exact) mass is 389 g/mol. The zero-order chi connectivity index (χ0) is 18.8. The summed E-state index contributed by atoms with van der Waals surface area (Å²) >= 11 is 12.0. The highest BCUT2D eigenvalue weighted by molar-refractivity contribution is 6.32. The average molecular weight is 390 g/mol. The molecule has 9 heteroatoms. The smallest absolute Gasteiger partial charge is 0.337 e. The predicted molar refractivity (Wildman–Crippen MR) is 103 cm³/mol. The molecule has 132 valence electrons. The van der Waals surface area contributed by atoms with Gasteiger partial charge in [0.05, 0.1) is 28.0 Å². The Labute approximate surface area is 158 Å². The Balaban J connectivity index is 2.27. The molecule has 0 saturated carbocycles. The topological polar surface area (TPSA) is 127 Å². The maximum absolute atomic E-state index is 11.6. The highest BCUT2D eigenvalue weighted by Crippen LogP contribution is 2.32. The van der Waals surface area contributed by atoms with E-state index in [2.05, 4.69) is 15.4 Å². The molecule has 0 saturated heterocycles. The summed E-state index contributed by atoms with van der Waals surface area (Å²) in [7, 11) is 0. The molecule has 0 aliphatic carbocycles. The minimum Gasteiger partial charge on any atom is -0.478 e. The van der Waals surface area contributed by atoms with Gasteiger partial charge in [-0.05, 0) is 36.4 Å². The van der Waals surface area contributed by atoms with Crippen LogP contribution in [0.5, 0.6) is 0 Å². The minimum absolute atomic E-state index is 0.00120. The van der Waals surface area contributed by atoms with Crippen LogP contribution in [0.3, 0.4) is 0 Å². The fourth-order valence-corrected chi connectivity index (χ4v) is 2.84. The second-order valence-corrected chi connectivity index (χ2v) is 6.22. The molecule has 1 aromatic heterocycles. The van der Waals surface area contributed by atoms with Crippen molar-refractivity contribution in [2.75, 3.05) is 5.32 Å². The van der Waals surface area contributed by atoms with Crippen molar-refractivity contribution in [3.63, 3.8) is 0 Å². The van der Waals surface area contributed by atoms with Crippen molar-refractivity contribution < 1.29 is 9.90 Å². The van der Waals surface area contributed by atoms with E-state index in [0.717, 1.165) is 0 Å². The van der Waals surface area contributed by atoms with E-state index in [-0.39, 0.29) is 11.4 Å². The number of carboxylic acid groups (broad SMARTS) is 1. The number of aromatic carboxylic acids is 1. The van der Waals surface area contributed by atoms with E-state index in [1.54, 1.807) is 30.3 Å². The average Bonchev–Trinajstić information content (AvgIpc) is 2.62. The lowest BCUT2D eigenvalue weighted by Gasteiger charge is -2.16. The lowest BCUT2D eigenvalue weighted by Crippen LogP contribution is -2.18. The van der Waals surface area contributed by atoms with Crippen molar-refractivity contribution in [1.82, 2.24) is 4.98 Å². The van der Waals surface area contributed by atoms with Crippen LogP contribution in [0.25, 0.3) is 10.9 Å². The van der Waals surface area contributed by atoms with E-state index >= 15 is 0 Å². The number of anilines is 2. The third-order valence-corrected chi connectivity index (χ3v) is 4.19. The van der Waals surface area contributed by atoms with Gasteiger partial charge in [0.1, 0.15) is 0 Å². The van der Waals surface area contributed by atoms with E-state index in [4.69, 9.17) is 34.8 Å². The highest BCUT2D eigenvalue weighted by atomic mass is 35.5. The van der Waals surface area contributed by atoms with Crippen LogP contribution in [0.2, 0.25) is 10.0 Å². The number of carboxylic acids is 1. The van der Waals surface area contributed by atoms with Crippen molar-refractivity contribution >= 4 is 57.3 Å². The molecule has 26 heavy (non-hydrogen) atoms. The van der Waals surface area contributed by atoms with Gasteiger partial charge in [0.15, 0.2) is 5.84 Å². The second-order valence-electron chi connectivity index (χ2n) is 5.34. The number of nitrogens with two attached hydrogens (primary N) is 2. The molecule has 0 amide bonds. The van der Waals surface area contributed by atoms with Gasteiger partial charge < -0.3 is 22.0 Å². The molecule has 3 aromatic rings. The van der Waals surface area contributed by atoms with Crippen LogP contribution in [0, 0.1) is 0 Å². The molecule has 2 aromatic carbocycles. The number of halogens is 2. The zero-order valence-electron chi connectivity index (χ0n) is 13.2. The zero-order valence-corrected chi connectivity index (χ0v) is 14.7. The molecule has 0 aliphatic rings. The second kappa shape index (κ2) is 7.07. The Kier molecular flexibility index (Phi) is 4.83. The molecule has 0 bridgehead atoms. The van der Waals surface area contributed by atoms with Crippen LogP contribution in [0.4, 0.5) is 11.4 Å². The molecule has 7 nitrogen and oxygen atoms in total. The normalized spacial score (nSPS) is 11.5. The lowest BCUT2D eigenvalue weighted by molar-refractivity contribution is 0.0698. The molecular weight excluding hydrogens is 377 g/mol. The van der Waals surface area contributed by atoms with E-state index in [1.807, 2.05) is 0 Å². The minimum atomic E-state index is -1.13. The van der Waals surface area contributed by atoms with Crippen LogP contribution in [0.15, 0.2) is 47.7 Å².